The summed E-state index contributed by atoms with van der Waals surface area (Å²) in [5.41, 5.74) is 5.71. The molecule has 21 heavy (non-hydrogen) atoms. The largest absolute Gasteiger partial charge is 0.353 e. The lowest BCUT2D eigenvalue weighted by atomic mass is 10.1. The van der Waals surface area contributed by atoms with Crippen LogP contribution in [0.1, 0.15) is 13.8 Å². The van der Waals surface area contributed by atoms with Crippen LogP contribution in [0.5, 0.6) is 0 Å². The second kappa shape index (κ2) is 8.31. The Hall–Kier alpha value is -1.18. The van der Waals surface area contributed by atoms with Gasteiger partial charge in [-0.1, -0.05) is 13.8 Å². The second-order valence-electron chi connectivity index (χ2n) is 6.19. The van der Waals surface area contributed by atoms with E-state index in [0.29, 0.717) is 12.6 Å². The number of nitrogens with two attached hydrogens (primary N) is 1. The van der Waals surface area contributed by atoms with Crippen molar-refractivity contribution in [3.63, 3.8) is 0 Å². The normalized spacial score (nSPS) is 22.1. The quantitative estimate of drug-likeness (QED) is 0.552. The maximum absolute atomic E-state index is 11.8. The van der Waals surface area contributed by atoms with Crippen molar-refractivity contribution < 1.29 is 9.59 Å². The van der Waals surface area contributed by atoms with Gasteiger partial charge in [0.15, 0.2) is 0 Å². The maximum atomic E-state index is 11.8. The van der Waals surface area contributed by atoms with Crippen LogP contribution >= 0.6 is 0 Å². The predicted octanol–water partition coefficient (Wildman–Crippen LogP) is -1.55. The lowest BCUT2D eigenvalue weighted by molar-refractivity contribution is -0.127. The molecule has 0 spiro atoms. The van der Waals surface area contributed by atoms with Crippen molar-refractivity contribution >= 4 is 11.8 Å². The molecule has 122 valence electrons. The highest BCUT2D eigenvalue weighted by Crippen LogP contribution is 2.04. The number of rotatable bonds is 6. The van der Waals surface area contributed by atoms with Gasteiger partial charge in [0.25, 0.3) is 0 Å². The molecule has 2 amide bonds. The van der Waals surface area contributed by atoms with Crippen LogP contribution in [-0.4, -0.2) is 80.5 Å². The van der Waals surface area contributed by atoms with Gasteiger partial charge in [-0.2, -0.15) is 0 Å². The third-order valence-corrected chi connectivity index (χ3v) is 3.96. The number of hydrogen-bond donors (Lipinski definition) is 3. The molecule has 1 fully saturated rings. The first kappa shape index (κ1) is 17.9. The Morgan fingerprint density at radius 1 is 1.24 bits per heavy atom. The summed E-state index contributed by atoms with van der Waals surface area (Å²) in [6.07, 6.45) is 0. The molecule has 0 saturated carbocycles. The van der Waals surface area contributed by atoms with Crippen molar-refractivity contribution in [3.8, 4) is 0 Å². The molecule has 0 aromatic carbocycles. The minimum atomic E-state index is -0.573. The fourth-order valence-corrected chi connectivity index (χ4v) is 2.20. The van der Waals surface area contributed by atoms with Crippen molar-refractivity contribution in [1.82, 2.24) is 20.4 Å². The first-order valence-electron chi connectivity index (χ1n) is 7.50. The van der Waals surface area contributed by atoms with E-state index in [0.717, 1.165) is 19.6 Å². The number of hydrogen-bond acceptors (Lipinski definition) is 5. The van der Waals surface area contributed by atoms with Crippen molar-refractivity contribution in [2.75, 3.05) is 46.8 Å². The predicted molar refractivity (Wildman–Crippen MR) is 82.7 cm³/mol. The summed E-state index contributed by atoms with van der Waals surface area (Å²) in [4.78, 5) is 27.9. The zero-order valence-corrected chi connectivity index (χ0v) is 13.6. The molecule has 1 aliphatic heterocycles. The molecular weight excluding hydrogens is 270 g/mol. The SMILES string of the molecule is CC(C)[C@H](N)C(=O)NCC(=O)NCC1CN(C)CCN1C. The van der Waals surface area contributed by atoms with E-state index in [-0.39, 0.29) is 24.3 Å². The first-order chi connectivity index (χ1) is 9.81. The summed E-state index contributed by atoms with van der Waals surface area (Å²) in [7, 11) is 4.14. The van der Waals surface area contributed by atoms with E-state index in [4.69, 9.17) is 5.73 Å². The average Bonchev–Trinajstić information content (AvgIpc) is 2.44. The number of carbonyl (C=O) groups excluding carboxylic acids is 2. The molecule has 1 saturated heterocycles. The molecule has 0 bridgehead atoms. The molecule has 4 N–H and O–H groups in total. The van der Waals surface area contributed by atoms with Gasteiger partial charge in [-0.25, -0.2) is 0 Å². The van der Waals surface area contributed by atoms with E-state index in [1.54, 1.807) is 0 Å². The standard InChI is InChI=1S/C14H29N5O2/c1-10(2)13(15)14(21)17-8-12(20)16-7-11-9-18(3)5-6-19(11)4/h10-11,13H,5-9,15H2,1-4H3,(H,16,20)(H,17,21)/t11?,13-/m0/s1. The van der Waals surface area contributed by atoms with Gasteiger partial charge in [0, 0.05) is 32.2 Å². The summed E-state index contributed by atoms with van der Waals surface area (Å²) in [5, 5.41) is 5.44. The molecule has 7 nitrogen and oxygen atoms in total. The molecule has 0 aromatic rings. The van der Waals surface area contributed by atoms with E-state index in [9.17, 15) is 9.59 Å². The highest BCUT2D eigenvalue weighted by Gasteiger charge is 2.22. The van der Waals surface area contributed by atoms with Crippen LogP contribution < -0.4 is 16.4 Å². The van der Waals surface area contributed by atoms with Gasteiger partial charge in [-0.15, -0.1) is 0 Å². The molecule has 0 radical (unpaired) electrons. The topological polar surface area (TPSA) is 90.7 Å². The fourth-order valence-electron chi connectivity index (χ4n) is 2.20. The number of likely N-dealkylation sites (N-methyl/N-ethyl adjacent to an activating group) is 2. The lowest BCUT2D eigenvalue weighted by Crippen LogP contribution is -2.55. The number of amides is 2. The number of nitrogens with one attached hydrogen (secondary N) is 2. The van der Waals surface area contributed by atoms with Crippen LogP contribution in [0.15, 0.2) is 0 Å². The van der Waals surface area contributed by atoms with Gasteiger partial charge in [-0.05, 0) is 20.0 Å². The molecule has 0 aliphatic carbocycles. The van der Waals surface area contributed by atoms with Crippen LogP contribution in [-0.2, 0) is 9.59 Å². The third kappa shape index (κ3) is 5.99. The molecule has 1 aliphatic rings. The Morgan fingerprint density at radius 3 is 2.52 bits per heavy atom. The Kier molecular flexibility index (Phi) is 7.07. The van der Waals surface area contributed by atoms with Crippen LogP contribution in [0.2, 0.25) is 0 Å². The monoisotopic (exact) mass is 299 g/mol. The van der Waals surface area contributed by atoms with Gasteiger partial charge >= 0.3 is 0 Å². The minimum Gasteiger partial charge on any atom is -0.353 e. The van der Waals surface area contributed by atoms with E-state index >= 15 is 0 Å². The van der Waals surface area contributed by atoms with Crippen molar-refractivity contribution in [3.05, 3.63) is 0 Å². The molecule has 1 heterocycles. The van der Waals surface area contributed by atoms with E-state index < -0.39 is 6.04 Å². The summed E-state index contributed by atoms with van der Waals surface area (Å²) < 4.78 is 0. The molecule has 7 heteroatoms. The maximum Gasteiger partial charge on any atom is 0.239 e. The highest BCUT2D eigenvalue weighted by atomic mass is 16.2. The molecule has 2 atom stereocenters. The van der Waals surface area contributed by atoms with Gasteiger partial charge in [0.1, 0.15) is 0 Å². The Bertz CT molecular complexity index is 361. The fraction of sp³-hybridized carbons (Fsp3) is 0.857. The molecular formula is C14H29N5O2. The highest BCUT2D eigenvalue weighted by molar-refractivity contribution is 5.87. The van der Waals surface area contributed by atoms with E-state index in [2.05, 4.69) is 34.5 Å². The summed E-state index contributed by atoms with van der Waals surface area (Å²) in [6.45, 7) is 7.29. The van der Waals surface area contributed by atoms with Crippen molar-refractivity contribution in [2.24, 2.45) is 11.7 Å². The third-order valence-electron chi connectivity index (χ3n) is 3.96. The van der Waals surface area contributed by atoms with Gasteiger partial charge < -0.3 is 21.3 Å². The van der Waals surface area contributed by atoms with Crippen molar-refractivity contribution in [1.29, 1.82) is 0 Å². The smallest absolute Gasteiger partial charge is 0.239 e. The minimum absolute atomic E-state index is 0.0223. The summed E-state index contributed by atoms with van der Waals surface area (Å²) >= 11 is 0. The first-order valence-corrected chi connectivity index (χ1v) is 7.50. The van der Waals surface area contributed by atoms with Gasteiger partial charge in [0.05, 0.1) is 12.6 Å². The summed E-state index contributed by atoms with van der Waals surface area (Å²) in [6, 6.07) is -0.266. The van der Waals surface area contributed by atoms with E-state index in [1.165, 1.54) is 0 Å². The Balaban J connectivity index is 2.26. The summed E-state index contributed by atoms with van der Waals surface area (Å²) in [5.74, 6) is -0.407. The average molecular weight is 299 g/mol. The number of carbonyl (C=O) groups is 2. The van der Waals surface area contributed by atoms with E-state index in [1.807, 2.05) is 13.8 Å². The number of nitrogens with zero attached hydrogens (tertiary/aromatic N) is 2. The van der Waals surface area contributed by atoms with Crippen LogP contribution in [0, 0.1) is 5.92 Å². The van der Waals surface area contributed by atoms with Crippen LogP contribution in [0.4, 0.5) is 0 Å². The van der Waals surface area contributed by atoms with Gasteiger partial charge in [0.2, 0.25) is 11.8 Å². The zero-order chi connectivity index (χ0) is 16.0. The zero-order valence-electron chi connectivity index (χ0n) is 13.6. The Labute approximate surface area is 127 Å². The lowest BCUT2D eigenvalue weighted by Gasteiger charge is -2.37. The molecule has 1 unspecified atom stereocenters. The molecule has 0 aromatic heterocycles. The Morgan fingerprint density at radius 2 is 1.90 bits per heavy atom. The van der Waals surface area contributed by atoms with Crippen LogP contribution in [0.3, 0.4) is 0 Å². The number of piperazine rings is 1. The molecule has 1 rings (SSSR count). The van der Waals surface area contributed by atoms with Gasteiger partial charge in [-0.3, -0.25) is 14.5 Å². The van der Waals surface area contributed by atoms with Crippen LogP contribution in [0.25, 0.3) is 0 Å². The second-order valence-corrected chi connectivity index (χ2v) is 6.19. The van der Waals surface area contributed by atoms with Crippen molar-refractivity contribution in [2.45, 2.75) is 25.9 Å².